The zero-order valence-corrected chi connectivity index (χ0v) is 17.4. The molecule has 0 aromatic heterocycles. The monoisotopic (exact) mass is 401 g/mol. The highest BCUT2D eigenvalue weighted by Crippen LogP contribution is 2.46. The summed E-state index contributed by atoms with van der Waals surface area (Å²) in [6.07, 6.45) is 5.39. The lowest BCUT2D eigenvalue weighted by atomic mass is 9.79. The highest BCUT2D eigenvalue weighted by atomic mass is 16.5. The number of carbonyl (C=O) groups excluding carboxylic acids is 2. The minimum Gasteiger partial charge on any atom is -0.500 e. The molecule has 1 aromatic rings. The van der Waals surface area contributed by atoms with Crippen LogP contribution in [-0.2, 0) is 14.3 Å². The van der Waals surface area contributed by atoms with E-state index < -0.39 is 11.3 Å². The summed E-state index contributed by atoms with van der Waals surface area (Å²) in [6.45, 7) is 4.03. The van der Waals surface area contributed by atoms with E-state index in [-0.39, 0.29) is 24.2 Å². The molecule has 1 heterocycles. The van der Waals surface area contributed by atoms with Crippen LogP contribution >= 0.6 is 0 Å². The number of hydrogen-bond acceptors (Lipinski definition) is 6. The number of ether oxygens (including phenoxy) is 4. The molecule has 1 aromatic carbocycles. The van der Waals surface area contributed by atoms with Crippen LogP contribution in [0.15, 0.2) is 36.1 Å². The second kappa shape index (κ2) is 8.19. The van der Waals surface area contributed by atoms with Crippen LogP contribution in [0.3, 0.4) is 0 Å². The summed E-state index contributed by atoms with van der Waals surface area (Å²) < 4.78 is 22.4. The third-order valence-electron chi connectivity index (χ3n) is 5.30. The molecular weight excluding hydrogens is 374 g/mol. The Morgan fingerprint density at radius 1 is 1.24 bits per heavy atom. The Bertz CT molecular complexity index is 870. The predicted molar refractivity (Wildman–Crippen MR) is 107 cm³/mol. The van der Waals surface area contributed by atoms with Crippen LogP contribution in [0.5, 0.6) is 17.2 Å². The highest BCUT2D eigenvalue weighted by molar-refractivity contribution is 5.95. The Hall–Kier alpha value is -2.96. The molecule has 1 aliphatic heterocycles. The minimum absolute atomic E-state index is 0.0406. The van der Waals surface area contributed by atoms with Crippen molar-refractivity contribution in [1.82, 2.24) is 5.32 Å². The SMILES string of the molecule is CNC(=O)C(C)(C)COc1c(C2C=CC3=COCC3C2=O)ccc(OC)c1OC. The molecule has 0 spiro atoms. The standard InChI is InChI=1S/C22H27NO6/c1-22(2,21(25)23-3)12-29-19-15(8-9-17(26-4)20(19)27-5)14-7-6-13-10-28-11-16(13)18(14)24/h6-10,14,16H,11-12H2,1-5H3,(H,23,25). The molecule has 7 nitrogen and oxygen atoms in total. The smallest absolute Gasteiger partial charge is 0.228 e. The third kappa shape index (κ3) is 3.81. The van der Waals surface area contributed by atoms with Gasteiger partial charge in [0.05, 0.1) is 37.7 Å². The molecule has 1 amide bonds. The summed E-state index contributed by atoms with van der Waals surface area (Å²) in [5, 5.41) is 2.64. The van der Waals surface area contributed by atoms with Crippen LogP contribution < -0.4 is 19.5 Å². The van der Waals surface area contributed by atoms with E-state index in [1.165, 1.54) is 14.2 Å². The van der Waals surface area contributed by atoms with Gasteiger partial charge in [-0.25, -0.2) is 0 Å². The molecule has 0 bridgehead atoms. The molecular formula is C22H27NO6. The van der Waals surface area contributed by atoms with Crippen LogP contribution in [0.2, 0.25) is 0 Å². The second-order valence-corrected chi connectivity index (χ2v) is 7.71. The molecule has 0 fully saturated rings. The van der Waals surface area contributed by atoms with Gasteiger partial charge in [0.2, 0.25) is 11.7 Å². The summed E-state index contributed by atoms with van der Waals surface area (Å²) in [5.74, 6) is 0.387. The van der Waals surface area contributed by atoms with Gasteiger partial charge in [0, 0.05) is 18.2 Å². The molecule has 2 aliphatic rings. The van der Waals surface area contributed by atoms with Gasteiger partial charge in [0.25, 0.3) is 0 Å². The lowest BCUT2D eigenvalue weighted by molar-refractivity contribution is -0.130. The molecule has 0 saturated heterocycles. The summed E-state index contributed by atoms with van der Waals surface area (Å²) in [4.78, 5) is 25.3. The Labute approximate surface area is 170 Å². The molecule has 2 atom stereocenters. The first kappa shape index (κ1) is 20.8. The molecule has 156 valence electrons. The zero-order chi connectivity index (χ0) is 21.2. The van der Waals surface area contributed by atoms with E-state index in [0.29, 0.717) is 29.4 Å². The molecule has 0 radical (unpaired) electrons. The van der Waals surface area contributed by atoms with Gasteiger partial charge in [-0.15, -0.1) is 0 Å². The molecule has 2 unspecified atom stereocenters. The van der Waals surface area contributed by atoms with Crippen molar-refractivity contribution in [3.63, 3.8) is 0 Å². The molecule has 1 aliphatic carbocycles. The summed E-state index contributed by atoms with van der Waals surface area (Å²) in [5.41, 5.74) is 0.777. The van der Waals surface area contributed by atoms with Crippen molar-refractivity contribution in [1.29, 1.82) is 0 Å². The molecule has 1 N–H and O–H groups in total. The van der Waals surface area contributed by atoms with Gasteiger partial charge in [-0.1, -0.05) is 18.2 Å². The number of carbonyl (C=O) groups is 2. The van der Waals surface area contributed by atoms with Crippen LogP contribution in [0.25, 0.3) is 0 Å². The number of ketones is 1. The van der Waals surface area contributed by atoms with Gasteiger partial charge < -0.3 is 24.3 Å². The fourth-order valence-corrected chi connectivity index (χ4v) is 3.56. The Morgan fingerprint density at radius 2 is 2.00 bits per heavy atom. The quantitative estimate of drug-likeness (QED) is 0.756. The Balaban J connectivity index is 2.01. The highest BCUT2D eigenvalue weighted by Gasteiger charge is 2.38. The maximum Gasteiger partial charge on any atom is 0.228 e. The van der Waals surface area contributed by atoms with Crippen molar-refractivity contribution in [2.24, 2.45) is 11.3 Å². The number of Topliss-reactive ketones (excluding diaryl/α,β-unsaturated/α-hetero) is 1. The number of amides is 1. The fourth-order valence-electron chi connectivity index (χ4n) is 3.56. The lowest BCUT2D eigenvalue weighted by Gasteiger charge is -2.27. The number of nitrogens with one attached hydrogen (secondary N) is 1. The van der Waals surface area contributed by atoms with Crippen molar-refractivity contribution in [3.05, 3.63) is 41.7 Å². The largest absolute Gasteiger partial charge is 0.500 e. The van der Waals surface area contributed by atoms with E-state index in [9.17, 15) is 9.59 Å². The fraction of sp³-hybridized carbons (Fsp3) is 0.455. The normalized spacial score (nSPS) is 20.4. The predicted octanol–water partition coefficient (Wildman–Crippen LogP) is 2.61. The van der Waals surface area contributed by atoms with Crippen molar-refractivity contribution < 1.29 is 28.5 Å². The first-order valence-corrected chi connectivity index (χ1v) is 9.47. The third-order valence-corrected chi connectivity index (χ3v) is 5.30. The minimum atomic E-state index is -0.776. The van der Waals surface area contributed by atoms with E-state index in [0.717, 1.165) is 5.57 Å². The zero-order valence-electron chi connectivity index (χ0n) is 17.4. The van der Waals surface area contributed by atoms with Gasteiger partial charge >= 0.3 is 0 Å². The summed E-state index contributed by atoms with van der Waals surface area (Å²) >= 11 is 0. The van der Waals surface area contributed by atoms with Crippen LogP contribution in [0.1, 0.15) is 25.3 Å². The Kier molecular flexibility index (Phi) is 5.86. The van der Waals surface area contributed by atoms with Gasteiger partial charge in [0.1, 0.15) is 13.2 Å². The van der Waals surface area contributed by atoms with Crippen LogP contribution in [0, 0.1) is 11.3 Å². The topological polar surface area (TPSA) is 83.1 Å². The molecule has 7 heteroatoms. The first-order chi connectivity index (χ1) is 13.8. The van der Waals surface area contributed by atoms with Crippen molar-refractivity contribution in [3.8, 4) is 17.2 Å². The summed E-state index contributed by atoms with van der Waals surface area (Å²) in [6, 6.07) is 3.56. The number of fused-ring (bicyclic) bond motifs is 1. The number of rotatable bonds is 7. The van der Waals surface area contributed by atoms with Gasteiger partial charge in [-0.3, -0.25) is 9.59 Å². The first-order valence-electron chi connectivity index (χ1n) is 9.47. The summed E-state index contributed by atoms with van der Waals surface area (Å²) in [7, 11) is 4.64. The average Bonchev–Trinajstić information content (AvgIpc) is 3.21. The molecule has 3 rings (SSSR count). The van der Waals surface area contributed by atoms with Crippen LogP contribution in [0.4, 0.5) is 0 Å². The van der Waals surface area contributed by atoms with Gasteiger partial charge in [0.15, 0.2) is 17.3 Å². The number of benzene rings is 1. The van der Waals surface area contributed by atoms with E-state index >= 15 is 0 Å². The van der Waals surface area contributed by atoms with Crippen molar-refractivity contribution in [2.45, 2.75) is 19.8 Å². The van der Waals surface area contributed by atoms with Crippen LogP contribution in [-0.4, -0.2) is 46.2 Å². The van der Waals surface area contributed by atoms with E-state index in [1.807, 2.05) is 12.2 Å². The second-order valence-electron chi connectivity index (χ2n) is 7.71. The van der Waals surface area contributed by atoms with Crippen molar-refractivity contribution in [2.75, 3.05) is 34.5 Å². The number of allylic oxidation sites excluding steroid dienone is 2. The average molecular weight is 401 g/mol. The molecule has 29 heavy (non-hydrogen) atoms. The lowest BCUT2D eigenvalue weighted by Crippen LogP contribution is -2.39. The number of methoxy groups -OCH3 is 2. The maximum atomic E-state index is 13.1. The van der Waals surface area contributed by atoms with E-state index in [4.69, 9.17) is 18.9 Å². The van der Waals surface area contributed by atoms with Gasteiger partial charge in [-0.05, 0) is 19.9 Å². The van der Waals surface area contributed by atoms with E-state index in [1.54, 1.807) is 39.3 Å². The number of hydrogen-bond donors (Lipinski definition) is 1. The van der Waals surface area contributed by atoms with Gasteiger partial charge in [-0.2, -0.15) is 0 Å². The van der Waals surface area contributed by atoms with E-state index in [2.05, 4.69) is 5.32 Å². The Morgan fingerprint density at radius 3 is 2.66 bits per heavy atom. The molecule has 0 saturated carbocycles. The maximum absolute atomic E-state index is 13.1. The van der Waals surface area contributed by atoms with Crippen molar-refractivity contribution >= 4 is 11.7 Å².